The molecule has 148 valence electrons. The van der Waals surface area contributed by atoms with Gasteiger partial charge < -0.3 is 4.74 Å². The summed E-state index contributed by atoms with van der Waals surface area (Å²) >= 11 is 1.32. The van der Waals surface area contributed by atoms with Crippen molar-refractivity contribution in [2.24, 2.45) is 4.99 Å². The molecule has 1 amide bonds. The molecule has 1 aliphatic rings. The van der Waals surface area contributed by atoms with Gasteiger partial charge in [-0.05, 0) is 62.4 Å². The van der Waals surface area contributed by atoms with Crippen molar-refractivity contribution >= 4 is 23.0 Å². The van der Waals surface area contributed by atoms with E-state index in [0.29, 0.717) is 5.17 Å². The highest BCUT2D eigenvalue weighted by Crippen LogP contribution is 2.44. The number of carbonyl (C=O) groups excluding carboxylic acids is 1. The summed E-state index contributed by atoms with van der Waals surface area (Å²) in [6, 6.07) is 11.0. The maximum absolute atomic E-state index is 13.5. The van der Waals surface area contributed by atoms with Gasteiger partial charge in [0.25, 0.3) is 0 Å². The molecule has 7 heteroatoms. The number of carbonyl (C=O) groups is 1. The minimum atomic E-state index is -0.679. The van der Waals surface area contributed by atoms with E-state index in [1.807, 2.05) is 6.26 Å². The fourth-order valence-electron chi connectivity index (χ4n) is 3.07. The second kappa shape index (κ2) is 7.91. The van der Waals surface area contributed by atoms with Crippen LogP contribution in [0.25, 0.3) is 0 Å². The number of rotatable bonds is 2. The van der Waals surface area contributed by atoms with Crippen LogP contribution in [0.1, 0.15) is 44.0 Å². The van der Waals surface area contributed by atoms with Gasteiger partial charge in [0, 0.05) is 0 Å². The summed E-state index contributed by atoms with van der Waals surface area (Å²) in [5, 5.41) is 0.498. The molecule has 3 rings (SSSR count). The first kappa shape index (κ1) is 20.3. The van der Waals surface area contributed by atoms with E-state index in [1.165, 1.54) is 40.9 Å². The summed E-state index contributed by atoms with van der Waals surface area (Å²) < 4.78 is 32.5. The van der Waals surface area contributed by atoms with Crippen molar-refractivity contribution in [1.82, 2.24) is 4.90 Å². The van der Waals surface area contributed by atoms with Gasteiger partial charge in [-0.3, -0.25) is 4.99 Å². The van der Waals surface area contributed by atoms with E-state index in [-0.39, 0.29) is 11.6 Å². The number of nitrogens with zero attached hydrogens (tertiary/aromatic N) is 2. The van der Waals surface area contributed by atoms with Crippen molar-refractivity contribution in [3.05, 3.63) is 71.3 Å². The molecule has 2 atom stereocenters. The minimum absolute atomic E-state index is 0.349. The van der Waals surface area contributed by atoms with Crippen LogP contribution in [-0.4, -0.2) is 28.0 Å². The number of ether oxygens (including phenoxy) is 1. The Morgan fingerprint density at radius 3 is 1.96 bits per heavy atom. The molecule has 0 aliphatic carbocycles. The number of hydrogen-bond donors (Lipinski definition) is 0. The zero-order valence-corrected chi connectivity index (χ0v) is 17.0. The van der Waals surface area contributed by atoms with Crippen molar-refractivity contribution in [1.29, 1.82) is 0 Å². The lowest BCUT2D eigenvalue weighted by Crippen LogP contribution is -2.40. The van der Waals surface area contributed by atoms with Gasteiger partial charge in [-0.2, -0.15) is 0 Å². The summed E-state index contributed by atoms with van der Waals surface area (Å²) in [6.45, 7) is 5.38. The molecule has 4 nitrogen and oxygen atoms in total. The number of thioether (sulfide) groups is 1. The van der Waals surface area contributed by atoms with Crippen LogP contribution in [0.2, 0.25) is 0 Å². The Kier molecular flexibility index (Phi) is 5.74. The van der Waals surface area contributed by atoms with Crippen LogP contribution in [0.15, 0.2) is 53.5 Å². The standard InChI is InChI=1S/C21H22F2N2O2S/c1-21(2,3)27-20(26)25-18(14-7-11-16(23)12-8-14)17(24-19(25)28-4)13-5-9-15(22)10-6-13/h5-12,17-18H,1-4H3/t17-,18+/m0/s1. The van der Waals surface area contributed by atoms with E-state index in [2.05, 4.69) is 0 Å². The lowest BCUT2D eigenvalue weighted by atomic mass is 9.94. The minimum Gasteiger partial charge on any atom is -0.443 e. The molecular formula is C21H22F2N2O2S. The molecule has 1 aliphatic heterocycles. The third kappa shape index (κ3) is 4.35. The number of halogens is 2. The average molecular weight is 404 g/mol. The molecule has 1 heterocycles. The molecule has 0 N–H and O–H groups in total. The smallest absolute Gasteiger partial charge is 0.417 e. The van der Waals surface area contributed by atoms with Gasteiger partial charge in [0.1, 0.15) is 23.3 Å². The third-order valence-corrected chi connectivity index (χ3v) is 4.90. The first-order valence-electron chi connectivity index (χ1n) is 8.84. The van der Waals surface area contributed by atoms with Gasteiger partial charge in [-0.15, -0.1) is 0 Å². The maximum atomic E-state index is 13.5. The van der Waals surface area contributed by atoms with Gasteiger partial charge in [-0.25, -0.2) is 18.5 Å². The molecule has 28 heavy (non-hydrogen) atoms. The topological polar surface area (TPSA) is 41.9 Å². The summed E-state index contributed by atoms with van der Waals surface area (Å²) in [6.07, 6.45) is 1.30. The summed E-state index contributed by atoms with van der Waals surface area (Å²) in [5.41, 5.74) is 0.796. The zero-order chi connectivity index (χ0) is 20.5. The number of hydrogen-bond acceptors (Lipinski definition) is 4. The van der Waals surface area contributed by atoms with Gasteiger partial charge in [0.15, 0.2) is 5.17 Å². The van der Waals surface area contributed by atoms with E-state index < -0.39 is 23.8 Å². The van der Waals surface area contributed by atoms with E-state index >= 15 is 0 Å². The van der Waals surface area contributed by atoms with Crippen LogP contribution in [-0.2, 0) is 4.74 Å². The summed E-state index contributed by atoms with van der Waals surface area (Å²) in [5.74, 6) is -0.715. The number of aliphatic imine (C=N–C) groups is 1. The highest BCUT2D eigenvalue weighted by molar-refractivity contribution is 8.13. The van der Waals surface area contributed by atoms with Gasteiger partial charge in [-0.1, -0.05) is 36.0 Å². The first-order chi connectivity index (χ1) is 13.2. The van der Waals surface area contributed by atoms with Gasteiger partial charge in [0.05, 0.1) is 6.04 Å². The van der Waals surface area contributed by atoms with Crippen LogP contribution >= 0.6 is 11.8 Å². The Morgan fingerprint density at radius 1 is 1.00 bits per heavy atom. The van der Waals surface area contributed by atoms with Crippen molar-refractivity contribution < 1.29 is 18.3 Å². The maximum Gasteiger partial charge on any atom is 0.417 e. The second-order valence-corrected chi connectivity index (χ2v) is 8.23. The largest absolute Gasteiger partial charge is 0.443 e. The Labute approximate surface area is 167 Å². The van der Waals surface area contributed by atoms with Crippen LogP contribution in [0, 0.1) is 11.6 Å². The predicted octanol–water partition coefficient (Wildman–Crippen LogP) is 5.72. The highest BCUT2D eigenvalue weighted by atomic mass is 32.2. The average Bonchev–Trinajstić information content (AvgIpc) is 3.01. The fraction of sp³-hybridized carbons (Fsp3) is 0.333. The summed E-state index contributed by atoms with van der Waals surface area (Å²) in [7, 11) is 0. The molecule has 0 aromatic heterocycles. The Morgan fingerprint density at radius 2 is 1.50 bits per heavy atom. The van der Waals surface area contributed by atoms with Gasteiger partial charge in [0.2, 0.25) is 0 Å². The first-order valence-corrected chi connectivity index (χ1v) is 10.1. The molecule has 2 aromatic carbocycles. The van der Waals surface area contributed by atoms with E-state index in [1.54, 1.807) is 45.0 Å². The highest BCUT2D eigenvalue weighted by Gasteiger charge is 2.43. The van der Waals surface area contributed by atoms with Crippen molar-refractivity contribution in [3.8, 4) is 0 Å². The molecule has 0 spiro atoms. The lowest BCUT2D eigenvalue weighted by molar-refractivity contribution is 0.0320. The Bertz CT molecular complexity index is 877. The normalized spacial score (nSPS) is 19.5. The van der Waals surface area contributed by atoms with Crippen molar-refractivity contribution in [2.75, 3.05) is 6.26 Å². The number of benzene rings is 2. The third-order valence-electron chi connectivity index (χ3n) is 4.23. The molecule has 0 radical (unpaired) electrons. The molecule has 0 fully saturated rings. The SMILES string of the molecule is CSC1=N[C@@H](c2ccc(F)cc2)[C@@H](c2ccc(F)cc2)N1C(=O)OC(C)(C)C. The Balaban J connectivity index is 2.07. The van der Waals surface area contributed by atoms with Gasteiger partial charge >= 0.3 is 6.09 Å². The van der Waals surface area contributed by atoms with E-state index in [4.69, 9.17) is 9.73 Å². The quantitative estimate of drug-likeness (QED) is 0.643. The molecule has 0 bridgehead atoms. The predicted molar refractivity (Wildman–Crippen MR) is 107 cm³/mol. The van der Waals surface area contributed by atoms with Crippen molar-refractivity contribution in [2.45, 2.75) is 38.5 Å². The molecule has 0 unspecified atom stereocenters. The van der Waals surface area contributed by atoms with Crippen molar-refractivity contribution in [3.63, 3.8) is 0 Å². The van der Waals surface area contributed by atoms with Crippen LogP contribution < -0.4 is 0 Å². The van der Waals surface area contributed by atoms with E-state index in [9.17, 15) is 13.6 Å². The lowest BCUT2D eigenvalue weighted by Gasteiger charge is -2.31. The zero-order valence-electron chi connectivity index (χ0n) is 16.1. The Hall–Kier alpha value is -2.41. The number of amides is 1. The van der Waals surface area contributed by atoms with Crippen LogP contribution in [0.5, 0.6) is 0 Å². The molecule has 0 saturated heterocycles. The molecule has 2 aromatic rings. The number of amidine groups is 1. The summed E-state index contributed by atoms with van der Waals surface area (Å²) in [4.78, 5) is 19.2. The monoisotopic (exact) mass is 404 g/mol. The molecular weight excluding hydrogens is 382 g/mol. The second-order valence-electron chi connectivity index (χ2n) is 7.46. The van der Waals surface area contributed by atoms with E-state index in [0.717, 1.165) is 11.1 Å². The van der Waals surface area contributed by atoms with Crippen LogP contribution in [0.4, 0.5) is 13.6 Å². The fourth-order valence-corrected chi connectivity index (χ4v) is 3.68. The molecule has 0 saturated carbocycles. The van der Waals surface area contributed by atoms with Crippen LogP contribution in [0.3, 0.4) is 0 Å².